The molecule has 8 atom stereocenters. The minimum atomic E-state index is -0.849. The SMILES string of the molecule is CCCCC1C(C2CCC([C@H](C)CC(C(=O)OC)C(=O)OC)C2)[C@@H]2O[C@@H]2C2=CC(=O)CC[C@@]21C. The van der Waals surface area contributed by atoms with Crippen molar-refractivity contribution in [2.75, 3.05) is 14.2 Å². The van der Waals surface area contributed by atoms with Crippen LogP contribution in [0.3, 0.4) is 0 Å². The van der Waals surface area contributed by atoms with E-state index in [0.29, 0.717) is 36.5 Å². The van der Waals surface area contributed by atoms with Crippen molar-refractivity contribution in [3.8, 4) is 0 Å². The Hall–Kier alpha value is -1.69. The molecule has 190 valence electrons. The summed E-state index contributed by atoms with van der Waals surface area (Å²) >= 11 is 0. The molecule has 6 heteroatoms. The summed E-state index contributed by atoms with van der Waals surface area (Å²) in [6, 6.07) is 0. The minimum absolute atomic E-state index is 0.0655. The number of ketones is 1. The fourth-order valence-corrected chi connectivity index (χ4v) is 7.65. The molecule has 6 nitrogen and oxygen atoms in total. The highest BCUT2D eigenvalue weighted by molar-refractivity contribution is 5.94. The molecular formula is C28H42O6. The average molecular weight is 475 g/mol. The third-order valence-electron chi connectivity index (χ3n) is 9.67. The molecule has 1 heterocycles. The number of hydrogen-bond acceptors (Lipinski definition) is 6. The lowest BCUT2D eigenvalue weighted by atomic mass is 9.53. The molecule has 4 unspecified atom stereocenters. The van der Waals surface area contributed by atoms with Crippen LogP contribution in [0, 0.1) is 40.9 Å². The number of carbonyl (C=O) groups excluding carboxylic acids is 3. The van der Waals surface area contributed by atoms with Crippen molar-refractivity contribution in [3.05, 3.63) is 11.6 Å². The van der Waals surface area contributed by atoms with Gasteiger partial charge in [0.2, 0.25) is 0 Å². The summed E-state index contributed by atoms with van der Waals surface area (Å²) in [7, 11) is 2.64. The van der Waals surface area contributed by atoms with E-state index in [2.05, 4.69) is 20.8 Å². The van der Waals surface area contributed by atoms with E-state index in [9.17, 15) is 14.4 Å². The van der Waals surface area contributed by atoms with Gasteiger partial charge in [0.25, 0.3) is 0 Å². The van der Waals surface area contributed by atoms with Crippen LogP contribution in [0.15, 0.2) is 11.6 Å². The lowest BCUT2D eigenvalue weighted by Crippen LogP contribution is -2.47. The molecule has 3 aliphatic carbocycles. The predicted octanol–water partition coefficient (Wildman–Crippen LogP) is 4.89. The molecule has 0 spiro atoms. The second-order valence-electron chi connectivity index (χ2n) is 11.5. The van der Waals surface area contributed by atoms with Gasteiger partial charge in [0.05, 0.1) is 20.3 Å². The van der Waals surface area contributed by atoms with Crippen LogP contribution in [-0.4, -0.2) is 44.1 Å². The topological polar surface area (TPSA) is 82.2 Å². The van der Waals surface area contributed by atoms with Crippen LogP contribution in [0.2, 0.25) is 0 Å². The van der Waals surface area contributed by atoms with E-state index in [1.54, 1.807) is 0 Å². The Labute approximate surface area is 204 Å². The lowest BCUT2D eigenvalue weighted by Gasteiger charge is -2.49. The first-order valence-corrected chi connectivity index (χ1v) is 13.3. The quantitative estimate of drug-likeness (QED) is 0.269. The number of methoxy groups -OCH3 is 2. The maximum absolute atomic E-state index is 12.2. The Kier molecular flexibility index (Phi) is 7.56. The van der Waals surface area contributed by atoms with E-state index in [0.717, 1.165) is 19.3 Å². The molecule has 34 heavy (non-hydrogen) atoms. The molecule has 0 N–H and O–H groups in total. The summed E-state index contributed by atoms with van der Waals surface area (Å²) in [5.74, 6) is 0.780. The number of allylic oxidation sites excluding steroid dienone is 1. The van der Waals surface area contributed by atoms with Gasteiger partial charge < -0.3 is 14.2 Å². The van der Waals surface area contributed by atoms with Crippen LogP contribution in [0.25, 0.3) is 0 Å². The van der Waals surface area contributed by atoms with Crippen molar-refractivity contribution in [1.82, 2.24) is 0 Å². The Bertz CT molecular complexity index is 817. The number of fused-ring (bicyclic) bond motifs is 3. The molecule has 0 aromatic carbocycles. The van der Waals surface area contributed by atoms with Crippen molar-refractivity contribution in [2.45, 2.75) is 90.8 Å². The zero-order valence-corrected chi connectivity index (χ0v) is 21.5. The molecule has 4 aliphatic rings. The summed E-state index contributed by atoms with van der Waals surface area (Å²) in [5.41, 5.74) is 1.34. The number of hydrogen-bond donors (Lipinski definition) is 0. The van der Waals surface area contributed by atoms with Gasteiger partial charge in [-0.25, -0.2) is 0 Å². The molecule has 0 radical (unpaired) electrons. The van der Waals surface area contributed by atoms with Crippen LogP contribution >= 0.6 is 0 Å². The summed E-state index contributed by atoms with van der Waals surface area (Å²) in [4.78, 5) is 36.6. The third kappa shape index (κ3) is 4.59. The second-order valence-corrected chi connectivity index (χ2v) is 11.5. The average Bonchev–Trinajstić information content (AvgIpc) is 3.46. The van der Waals surface area contributed by atoms with Gasteiger partial charge in [0, 0.05) is 6.42 Å². The van der Waals surface area contributed by atoms with Gasteiger partial charge in [-0.3, -0.25) is 14.4 Å². The highest BCUT2D eigenvalue weighted by Crippen LogP contribution is 2.64. The Morgan fingerprint density at radius 1 is 1.21 bits per heavy atom. The number of rotatable bonds is 9. The first-order chi connectivity index (χ1) is 16.2. The Morgan fingerprint density at radius 3 is 2.56 bits per heavy atom. The van der Waals surface area contributed by atoms with Crippen LogP contribution in [0.5, 0.6) is 0 Å². The van der Waals surface area contributed by atoms with Gasteiger partial charge in [-0.05, 0) is 85.2 Å². The molecule has 3 fully saturated rings. The minimum Gasteiger partial charge on any atom is -0.468 e. The first-order valence-electron chi connectivity index (χ1n) is 13.3. The number of unbranched alkanes of at least 4 members (excludes halogenated alkanes) is 1. The third-order valence-corrected chi connectivity index (χ3v) is 9.67. The van der Waals surface area contributed by atoms with Crippen molar-refractivity contribution >= 4 is 17.7 Å². The molecule has 2 saturated carbocycles. The molecule has 0 bridgehead atoms. The van der Waals surface area contributed by atoms with E-state index in [-0.39, 0.29) is 29.3 Å². The fourth-order valence-electron chi connectivity index (χ4n) is 7.65. The first kappa shape index (κ1) is 25.4. The molecule has 0 aromatic rings. The number of ether oxygens (including phenoxy) is 3. The standard InChI is InChI=1S/C28H42O6/c1-6-7-8-21-23(25-24(34-25)22-15-19(29)11-12-28(21,22)3)18-10-9-17(14-18)16(2)13-20(26(30)32-4)27(31)33-5/h15-18,20-21,23-25H,6-14H2,1-5H3/t16-,17?,18?,21?,23?,24-,25+,28-/m1/s1. The van der Waals surface area contributed by atoms with E-state index in [4.69, 9.17) is 14.2 Å². The van der Waals surface area contributed by atoms with Crippen molar-refractivity contribution in [1.29, 1.82) is 0 Å². The summed E-state index contributed by atoms with van der Waals surface area (Å²) < 4.78 is 16.0. The van der Waals surface area contributed by atoms with E-state index >= 15 is 0 Å². The van der Waals surface area contributed by atoms with Crippen molar-refractivity contribution in [3.63, 3.8) is 0 Å². The number of carbonyl (C=O) groups is 3. The highest BCUT2D eigenvalue weighted by atomic mass is 16.6. The van der Waals surface area contributed by atoms with Gasteiger partial charge in [0.1, 0.15) is 6.10 Å². The smallest absolute Gasteiger partial charge is 0.320 e. The van der Waals surface area contributed by atoms with Crippen LogP contribution in [0.1, 0.15) is 78.6 Å². The highest BCUT2D eigenvalue weighted by Gasteiger charge is 2.64. The molecule has 1 aliphatic heterocycles. The summed E-state index contributed by atoms with van der Waals surface area (Å²) in [5, 5.41) is 0. The van der Waals surface area contributed by atoms with Gasteiger partial charge >= 0.3 is 11.9 Å². The van der Waals surface area contributed by atoms with Crippen LogP contribution < -0.4 is 0 Å². The van der Waals surface area contributed by atoms with Crippen molar-refractivity contribution < 1.29 is 28.6 Å². The summed E-state index contributed by atoms with van der Waals surface area (Å²) in [6.07, 6.45) is 11.4. The van der Waals surface area contributed by atoms with Crippen LogP contribution in [0.4, 0.5) is 0 Å². The molecule has 0 aromatic heterocycles. The van der Waals surface area contributed by atoms with Gasteiger partial charge in [-0.2, -0.15) is 0 Å². The monoisotopic (exact) mass is 474 g/mol. The molecule has 0 amide bonds. The fraction of sp³-hybridized carbons (Fsp3) is 0.821. The van der Waals surface area contributed by atoms with E-state index < -0.39 is 17.9 Å². The molecule has 4 rings (SSSR count). The number of epoxide rings is 1. The Balaban J connectivity index is 1.49. The van der Waals surface area contributed by atoms with E-state index in [1.807, 2.05) is 6.08 Å². The van der Waals surface area contributed by atoms with E-state index in [1.165, 1.54) is 45.5 Å². The molecular weight excluding hydrogens is 432 g/mol. The summed E-state index contributed by atoms with van der Waals surface area (Å²) in [6.45, 7) is 6.81. The maximum Gasteiger partial charge on any atom is 0.320 e. The largest absolute Gasteiger partial charge is 0.468 e. The van der Waals surface area contributed by atoms with Gasteiger partial charge in [0.15, 0.2) is 11.7 Å². The number of esters is 2. The molecule has 1 saturated heterocycles. The normalized spacial score (nSPS) is 37.5. The second kappa shape index (κ2) is 10.1. The predicted molar refractivity (Wildman–Crippen MR) is 128 cm³/mol. The van der Waals surface area contributed by atoms with Gasteiger partial charge in [-0.15, -0.1) is 0 Å². The Morgan fingerprint density at radius 2 is 1.91 bits per heavy atom. The van der Waals surface area contributed by atoms with Crippen LogP contribution in [-0.2, 0) is 28.6 Å². The maximum atomic E-state index is 12.2. The lowest BCUT2D eigenvalue weighted by molar-refractivity contribution is -0.159. The zero-order chi connectivity index (χ0) is 24.6. The van der Waals surface area contributed by atoms with Gasteiger partial charge in [-0.1, -0.05) is 33.6 Å². The van der Waals surface area contributed by atoms with Crippen molar-refractivity contribution in [2.24, 2.45) is 40.9 Å². The zero-order valence-electron chi connectivity index (χ0n) is 21.5.